The van der Waals surface area contributed by atoms with Gasteiger partial charge in [0.15, 0.2) is 0 Å². The van der Waals surface area contributed by atoms with Crippen molar-refractivity contribution in [1.29, 1.82) is 0 Å². The number of hydrogen-bond donors (Lipinski definition) is 0. The number of anilines is 1. The van der Waals surface area contributed by atoms with Gasteiger partial charge in [0.25, 0.3) is 0 Å². The van der Waals surface area contributed by atoms with Gasteiger partial charge < -0.3 is 4.90 Å². The van der Waals surface area contributed by atoms with Crippen molar-refractivity contribution in [3.8, 4) is 0 Å². The molecule has 3 heterocycles. The second-order valence-electron chi connectivity index (χ2n) is 4.02. The van der Waals surface area contributed by atoms with Crippen molar-refractivity contribution >= 4 is 17.5 Å². The Kier molecular flexibility index (Phi) is 1.92. The summed E-state index contributed by atoms with van der Waals surface area (Å²) < 4.78 is 0. The van der Waals surface area contributed by atoms with E-state index in [2.05, 4.69) is 4.98 Å². The van der Waals surface area contributed by atoms with Crippen LogP contribution in [0.15, 0.2) is 24.5 Å². The maximum absolute atomic E-state index is 11.8. The first kappa shape index (κ1) is 9.33. The molecule has 16 heavy (non-hydrogen) atoms. The fourth-order valence-electron chi connectivity index (χ4n) is 2.38. The van der Waals surface area contributed by atoms with Crippen molar-refractivity contribution in [3.63, 3.8) is 0 Å². The lowest BCUT2D eigenvalue weighted by Gasteiger charge is -2.23. The lowest BCUT2D eigenvalue weighted by molar-refractivity contribution is -0.129. The fraction of sp³-hybridized carbons (Fsp3) is 0.364. The minimum atomic E-state index is -0.0933. The van der Waals surface area contributed by atoms with E-state index in [1.165, 1.54) is 0 Å². The number of nitrogens with zero attached hydrogens (tertiary/aromatic N) is 3. The first-order valence-electron chi connectivity index (χ1n) is 5.29. The molecule has 0 N–H and O–H groups in total. The molecule has 0 saturated carbocycles. The number of rotatable bonds is 1. The summed E-state index contributed by atoms with van der Waals surface area (Å²) in [4.78, 5) is 30.7. The van der Waals surface area contributed by atoms with Crippen LogP contribution in [0.5, 0.6) is 0 Å². The molecule has 0 aliphatic carbocycles. The van der Waals surface area contributed by atoms with Crippen LogP contribution >= 0.6 is 0 Å². The smallest absolute Gasteiger partial charge is 0.248 e. The number of amides is 2. The van der Waals surface area contributed by atoms with Crippen LogP contribution < -0.4 is 4.90 Å². The molecule has 1 aromatic heterocycles. The minimum Gasteiger partial charge on any atom is -0.312 e. The van der Waals surface area contributed by atoms with E-state index < -0.39 is 0 Å². The number of hydrogen-bond acceptors (Lipinski definition) is 3. The molecular formula is C11H11N3O2. The highest BCUT2D eigenvalue weighted by molar-refractivity contribution is 6.01. The quantitative estimate of drug-likeness (QED) is 0.683. The van der Waals surface area contributed by atoms with Gasteiger partial charge >= 0.3 is 0 Å². The molecule has 0 radical (unpaired) electrons. The van der Waals surface area contributed by atoms with Crippen LogP contribution in [-0.2, 0) is 9.59 Å². The Morgan fingerprint density at radius 1 is 1.31 bits per heavy atom. The summed E-state index contributed by atoms with van der Waals surface area (Å²) in [5.41, 5.74) is 0.773. The fourth-order valence-corrected chi connectivity index (χ4v) is 2.38. The number of aromatic nitrogens is 1. The predicted octanol–water partition coefficient (Wildman–Crippen LogP) is 0.377. The molecule has 1 unspecified atom stereocenters. The number of carbonyl (C=O) groups is 2. The van der Waals surface area contributed by atoms with E-state index in [4.69, 9.17) is 0 Å². The maximum atomic E-state index is 11.8. The standard InChI is InChI=1S/C11H11N3O2/c15-10-4-3-9-13(10)7-11(16)14(9)8-2-1-5-12-6-8/h1-2,5-6,9H,3-4,7H2. The Morgan fingerprint density at radius 2 is 2.19 bits per heavy atom. The monoisotopic (exact) mass is 217 g/mol. The summed E-state index contributed by atoms with van der Waals surface area (Å²) in [5, 5.41) is 0. The van der Waals surface area contributed by atoms with Crippen LogP contribution in [0, 0.1) is 0 Å². The molecule has 3 rings (SSSR count). The zero-order valence-corrected chi connectivity index (χ0v) is 8.67. The summed E-state index contributed by atoms with van der Waals surface area (Å²) in [5.74, 6) is 0.0517. The third-order valence-electron chi connectivity index (χ3n) is 3.09. The Hall–Kier alpha value is -1.91. The van der Waals surface area contributed by atoms with Crippen molar-refractivity contribution in [2.45, 2.75) is 19.0 Å². The van der Waals surface area contributed by atoms with Crippen LogP contribution in [-0.4, -0.2) is 34.4 Å². The zero-order valence-electron chi connectivity index (χ0n) is 8.67. The number of carbonyl (C=O) groups excluding carboxylic acids is 2. The zero-order chi connectivity index (χ0) is 11.1. The molecule has 2 amide bonds. The van der Waals surface area contributed by atoms with Crippen LogP contribution in [0.4, 0.5) is 5.69 Å². The first-order chi connectivity index (χ1) is 7.77. The Labute approximate surface area is 92.7 Å². The molecule has 82 valence electrons. The van der Waals surface area contributed by atoms with Gasteiger partial charge in [0, 0.05) is 12.6 Å². The van der Waals surface area contributed by atoms with E-state index in [-0.39, 0.29) is 24.5 Å². The molecule has 0 aromatic carbocycles. The van der Waals surface area contributed by atoms with Gasteiger partial charge in [0.2, 0.25) is 11.8 Å². The van der Waals surface area contributed by atoms with E-state index in [0.29, 0.717) is 6.42 Å². The van der Waals surface area contributed by atoms with Crippen LogP contribution in [0.1, 0.15) is 12.8 Å². The largest absolute Gasteiger partial charge is 0.312 e. The van der Waals surface area contributed by atoms with E-state index >= 15 is 0 Å². The summed E-state index contributed by atoms with van der Waals surface area (Å²) >= 11 is 0. The lowest BCUT2D eigenvalue weighted by Crippen LogP contribution is -2.36. The van der Waals surface area contributed by atoms with Gasteiger partial charge in [-0.25, -0.2) is 0 Å². The summed E-state index contributed by atoms with van der Waals surface area (Å²) in [6, 6.07) is 3.64. The van der Waals surface area contributed by atoms with Gasteiger partial charge in [-0.05, 0) is 18.6 Å². The average Bonchev–Trinajstić information content (AvgIpc) is 2.80. The van der Waals surface area contributed by atoms with Crippen molar-refractivity contribution in [1.82, 2.24) is 9.88 Å². The summed E-state index contributed by atoms with van der Waals surface area (Å²) in [6.45, 7) is 0.207. The number of fused-ring (bicyclic) bond motifs is 1. The third kappa shape index (κ3) is 1.21. The predicted molar refractivity (Wildman–Crippen MR) is 56.5 cm³/mol. The third-order valence-corrected chi connectivity index (χ3v) is 3.09. The van der Waals surface area contributed by atoms with E-state index in [1.807, 2.05) is 6.07 Å². The summed E-state index contributed by atoms with van der Waals surface area (Å²) in [7, 11) is 0. The highest BCUT2D eigenvalue weighted by atomic mass is 16.2. The van der Waals surface area contributed by atoms with Crippen molar-refractivity contribution in [2.24, 2.45) is 0 Å². The molecule has 5 nitrogen and oxygen atoms in total. The highest BCUT2D eigenvalue weighted by Crippen LogP contribution is 2.31. The Balaban J connectivity index is 1.97. The van der Waals surface area contributed by atoms with E-state index in [0.717, 1.165) is 12.1 Å². The lowest BCUT2D eigenvalue weighted by atomic mass is 10.3. The molecule has 2 fully saturated rings. The SMILES string of the molecule is O=C1CCC2N1CC(=O)N2c1cccnc1. The second kappa shape index (κ2) is 3.30. The molecule has 1 atom stereocenters. The molecule has 0 spiro atoms. The first-order valence-corrected chi connectivity index (χ1v) is 5.29. The molecule has 0 bridgehead atoms. The van der Waals surface area contributed by atoms with E-state index in [1.54, 1.807) is 28.3 Å². The van der Waals surface area contributed by atoms with Gasteiger partial charge in [-0.3, -0.25) is 19.5 Å². The molecule has 2 aliphatic rings. The Bertz CT molecular complexity index is 446. The Morgan fingerprint density at radius 3 is 2.94 bits per heavy atom. The van der Waals surface area contributed by atoms with Gasteiger partial charge in [-0.1, -0.05) is 0 Å². The van der Waals surface area contributed by atoms with Gasteiger partial charge in [0.05, 0.1) is 11.9 Å². The molecule has 2 saturated heterocycles. The van der Waals surface area contributed by atoms with Crippen LogP contribution in [0.2, 0.25) is 0 Å². The second-order valence-corrected chi connectivity index (χ2v) is 4.02. The van der Waals surface area contributed by atoms with Crippen molar-refractivity contribution in [3.05, 3.63) is 24.5 Å². The van der Waals surface area contributed by atoms with Gasteiger partial charge in [-0.15, -0.1) is 0 Å². The normalized spacial score (nSPS) is 24.1. The molecule has 5 heteroatoms. The molecule has 1 aromatic rings. The van der Waals surface area contributed by atoms with Crippen molar-refractivity contribution < 1.29 is 9.59 Å². The topological polar surface area (TPSA) is 53.5 Å². The minimum absolute atomic E-state index is 0.0222. The number of pyridine rings is 1. The molecular weight excluding hydrogens is 206 g/mol. The average molecular weight is 217 g/mol. The van der Waals surface area contributed by atoms with Gasteiger partial charge in [-0.2, -0.15) is 0 Å². The maximum Gasteiger partial charge on any atom is 0.248 e. The van der Waals surface area contributed by atoms with Crippen LogP contribution in [0.3, 0.4) is 0 Å². The summed E-state index contributed by atoms with van der Waals surface area (Å²) in [6.07, 6.45) is 4.49. The highest BCUT2D eigenvalue weighted by Gasteiger charge is 2.45. The molecule has 2 aliphatic heterocycles. The van der Waals surface area contributed by atoms with E-state index in [9.17, 15) is 9.59 Å². The van der Waals surface area contributed by atoms with Crippen molar-refractivity contribution in [2.75, 3.05) is 11.4 Å². The van der Waals surface area contributed by atoms with Crippen LogP contribution in [0.25, 0.3) is 0 Å². The van der Waals surface area contributed by atoms with Gasteiger partial charge in [0.1, 0.15) is 12.7 Å².